The molecule has 2 heterocycles. The van der Waals surface area contributed by atoms with Crippen molar-refractivity contribution in [3.8, 4) is 17.4 Å². The van der Waals surface area contributed by atoms with E-state index in [2.05, 4.69) is 15.0 Å². The molecule has 0 saturated heterocycles. The van der Waals surface area contributed by atoms with Crippen LogP contribution in [0.3, 0.4) is 0 Å². The lowest BCUT2D eigenvalue weighted by Gasteiger charge is -1.93. The van der Waals surface area contributed by atoms with Gasteiger partial charge in [0.2, 0.25) is 5.89 Å². The van der Waals surface area contributed by atoms with E-state index in [0.29, 0.717) is 16.6 Å². The average Bonchev–Trinajstić information content (AvgIpc) is 2.88. The van der Waals surface area contributed by atoms with Crippen LogP contribution in [0.4, 0.5) is 5.69 Å². The van der Waals surface area contributed by atoms with Gasteiger partial charge in [-0.1, -0.05) is 11.6 Å². The van der Waals surface area contributed by atoms with Crippen molar-refractivity contribution in [1.29, 1.82) is 0 Å². The van der Waals surface area contributed by atoms with E-state index in [-0.39, 0.29) is 11.6 Å². The molecule has 1 N–H and O–H groups in total. The summed E-state index contributed by atoms with van der Waals surface area (Å²) in [4.78, 5) is 12.3. The van der Waals surface area contributed by atoms with Crippen LogP contribution in [0.2, 0.25) is 5.02 Å². The molecule has 0 aliphatic carbocycles. The average molecular weight is 300 g/mol. The summed E-state index contributed by atoms with van der Waals surface area (Å²) < 4.78 is 5.22. The van der Waals surface area contributed by atoms with Gasteiger partial charge in [0.05, 0.1) is 18.1 Å². The summed E-state index contributed by atoms with van der Waals surface area (Å²) in [5.41, 5.74) is 1.63. The van der Waals surface area contributed by atoms with Crippen molar-refractivity contribution >= 4 is 23.5 Å². The van der Waals surface area contributed by atoms with Gasteiger partial charge >= 0.3 is 5.95 Å². The Morgan fingerprint density at radius 3 is 2.71 bits per heavy atom. The molecule has 6 heteroatoms. The Morgan fingerprint density at radius 1 is 1.19 bits per heavy atom. The number of hydrogen-bond acceptors (Lipinski definition) is 5. The number of aromatic nitrogens is 2. The van der Waals surface area contributed by atoms with Crippen molar-refractivity contribution in [2.75, 3.05) is 0 Å². The van der Waals surface area contributed by atoms with Crippen molar-refractivity contribution in [1.82, 2.24) is 9.97 Å². The third-order valence-corrected chi connectivity index (χ3v) is 2.96. The van der Waals surface area contributed by atoms with E-state index < -0.39 is 0 Å². The highest BCUT2D eigenvalue weighted by Gasteiger charge is 2.12. The van der Waals surface area contributed by atoms with E-state index in [1.54, 1.807) is 48.8 Å². The van der Waals surface area contributed by atoms with Gasteiger partial charge in [0, 0.05) is 16.8 Å². The highest BCUT2D eigenvalue weighted by molar-refractivity contribution is 6.30. The van der Waals surface area contributed by atoms with Crippen LogP contribution in [-0.2, 0) is 0 Å². The van der Waals surface area contributed by atoms with Gasteiger partial charge in [-0.2, -0.15) is 0 Å². The van der Waals surface area contributed by atoms with Crippen LogP contribution in [0.15, 0.2) is 58.2 Å². The summed E-state index contributed by atoms with van der Waals surface area (Å²) in [6.07, 6.45) is 4.69. The Kier molecular flexibility index (Phi) is 3.66. The van der Waals surface area contributed by atoms with Crippen molar-refractivity contribution in [2.45, 2.75) is 0 Å². The molecule has 0 spiro atoms. The molecule has 104 valence electrons. The van der Waals surface area contributed by atoms with Crippen molar-refractivity contribution in [3.63, 3.8) is 0 Å². The van der Waals surface area contributed by atoms with E-state index in [0.717, 1.165) is 5.56 Å². The Morgan fingerprint density at radius 2 is 2.00 bits per heavy atom. The van der Waals surface area contributed by atoms with Crippen molar-refractivity contribution in [2.24, 2.45) is 4.99 Å². The zero-order chi connectivity index (χ0) is 14.7. The maximum Gasteiger partial charge on any atom is 0.312 e. The van der Waals surface area contributed by atoms with Gasteiger partial charge in [-0.05, 0) is 36.4 Å². The number of hydrogen-bond donors (Lipinski definition) is 1. The molecule has 21 heavy (non-hydrogen) atoms. The Bertz CT molecular complexity index is 767. The number of nitrogens with zero attached hydrogens (tertiary/aromatic N) is 3. The number of aromatic hydroxyl groups is 1. The monoisotopic (exact) mass is 299 g/mol. The lowest BCUT2D eigenvalue weighted by Crippen LogP contribution is -1.82. The molecule has 0 aliphatic rings. The van der Waals surface area contributed by atoms with Gasteiger partial charge in [0.15, 0.2) is 5.69 Å². The Hall–Kier alpha value is -2.66. The molecule has 0 unspecified atom stereocenters. The molecule has 0 radical (unpaired) electrons. The van der Waals surface area contributed by atoms with Crippen molar-refractivity contribution in [3.05, 3.63) is 59.5 Å². The summed E-state index contributed by atoms with van der Waals surface area (Å²) >= 11 is 5.83. The zero-order valence-corrected chi connectivity index (χ0v) is 11.5. The molecule has 3 rings (SSSR count). The smallest absolute Gasteiger partial charge is 0.312 e. The van der Waals surface area contributed by atoms with Crippen LogP contribution in [0.1, 0.15) is 5.69 Å². The summed E-state index contributed by atoms with van der Waals surface area (Å²) in [7, 11) is 0. The molecule has 1 aromatic carbocycles. The first kappa shape index (κ1) is 13.3. The minimum atomic E-state index is -0.285. The lowest BCUT2D eigenvalue weighted by molar-refractivity contribution is 0.337. The molecule has 5 nitrogen and oxygen atoms in total. The number of rotatable bonds is 3. The predicted molar refractivity (Wildman–Crippen MR) is 80.1 cm³/mol. The molecule has 0 bridgehead atoms. The number of halogens is 1. The maximum absolute atomic E-state index is 9.76. The summed E-state index contributed by atoms with van der Waals surface area (Å²) in [6, 6.07) is 10.5. The molecular formula is C15H10ClN3O2. The minimum absolute atomic E-state index is 0.254. The Labute approximate surface area is 125 Å². The maximum atomic E-state index is 9.76. The van der Waals surface area contributed by atoms with Gasteiger partial charge in [-0.25, -0.2) is 4.98 Å². The molecule has 0 fully saturated rings. The van der Waals surface area contributed by atoms with E-state index in [9.17, 15) is 5.11 Å². The highest BCUT2D eigenvalue weighted by atomic mass is 35.5. The fourth-order valence-corrected chi connectivity index (χ4v) is 1.82. The summed E-state index contributed by atoms with van der Waals surface area (Å²) in [6.45, 7) is 0. The van der Waals surface area contributed by atoms with Gasteiger partial charge in [0.1, 0.15) is 0 Å². The third kappa shape index (κ3) is 3.09. The SMILES string of the molecule is Oc1oc(-c2ccc(Cl)cc2)nc1C=Nc1cccnc1. The van der Waals surface area contributed by atoms with Crippen LogP contribution in [0, 0.1) is 0 Å². The third-order valence-electron chi connectivity index (χ3n) is 2.71. The topological polar surface area (TPSA) is 71.5 Å². The second-order valence-electron chi connectivity index (χ2n) is 4.19. The fraction of sp³-hybridized carbons (Fsp3) is 0. The first-order valence-corrected chi connectivity index (χ1v) is 6.50. The molecule has 0 atom stereocenters. The van der Waals surface area contributed by atoms with E-state index in [1.807, 2.05) is 0 Å². The van der Waals surface area contributed by atoms with Gasteiger partial charge in [-0.3, -0.25) is 9.98 Å². The fourth-order valence-electron chi connectivity index (χ4n) is 1.69. The first-order valence-electron chi connectivity index (χ1n) is 6.12. The molecule has 2 aromatic heterocycles. The first-order chi connectivity index (χ1) is 10.2. The second kappa shape index (κ2) is 5.76. The summed E-state index contributed by atoms with van der Waals surface area (Å²) in [5.74, 6) is 0.0180. The normalized spacial score (nSPS) is 11.1. The molecule has 0 aliphatic heterocycles. The molecular weight excluding hydrogens is 290 g/mol. The number of aliphatic imine (C=N–C) groups is 1. The van der Waals surface area contributed by atoms with Crippen LogP contribution in [0.25, 0.3) is 11.5 Å². The van der Waals surface area contributed by atoms with Crippen LogP contribution < -0.4 is 0 Å². The predicted octanol–water partition coefficient (Wildman–Crippen LogP) is 3.85. The van der Waals surface area contributed by atoms with Crippen LogP contribution >= 0.6 is 11.6 Å². The van der Waals surface area contributed by atoms with Gasteiger partial charge in [-0.15, -0.1) is 0 Å². The van der Waals surface area contributed by atoms with Crippen LogP contribution in [0.5, 0.6) is 5.95 Å². The van der Waals surface area contributed by atoms with E-state index in [1.165, 1.54) is 6.21 Å². The zero-order valence-electron chi connectivity index (χ0n) is 10.8. The van der Waals surface area contributed by atoms with Crippen molar-refractivity contribution < 1.29 is 9.52 Å². The highest BCUT2D eigenvalue weighted by Crippen LogP contribution is 2.26. The number of benzene rings is 1. The van der Waals surface area contributed by atoms with E-state index >= 15 is 0 Å². The number of oxazole rings is 1. The minimum Gasteiger partial charge on any atom is -0.479 e. The van der Waals surface area contributed by atoms with Crippen LogP contribution in [-0.4, -0.2) is 21.3 Å². The van der Waals surface area contributed by atoms with Gasteiger partial charge in [0.25, 0.3) is 0 Å². The quantitative estimate of drug-likeness (QED) is 0.746. The lowest BCUT2D eigenvalue weighted by atomic mass is 10.2. The largest absolute Gasteiger partial charge is 0.479 e. The molecule has 3 aromatic rings. The molecule has 0 amide bonds. The Balaban J connectivity index is 1.88. The standard InChI is InChI=1S/C15H10ClN3O2/c16-11-5-3-10(4-6-11)14-19-13(15(20)21-14)9-18-12-2-1-7-17-8-12/h1-9,20H. The second-order valence-corrected chi connectivity index (χ2v) is 4.62. The van der Waals surface area contributed by atoms with E-state index in [4.69, 9.17) is 16.0 Å². The summed E-state index contributed by atoms with van der Waals surface area (Å²) in [5, 5.41) is 10.4. The number of pyridine rings is 1. The van der Waals surface area contributed by atoms with Gasteiger partial charge < -0.3 is 9.52 Å². The molecule has 0 saturated carbocycles.